The molecule has 112 valence electrons. The van der Waals surface area contributed by atoms with Crippen molar-refractivity contribution >= 4 is 5.95 Å². The first kappa shape index (κ1) is 15.2. The fourth-order valence-electron chi connectivity index (χ4n) is 2.32. The van der Waals surface area contributed by atoms with E-state index < -0.39 is 0 Å². The van der Waals surface area contributed by atoms with Gasteiger partial charge in [0.1, 0.15) is 0 Å². The first-order chi connectivity index (χ1) is 9.83. The van der Waals surface area contributed by atoms with Gasteiger partial charge in [0.25, 0.3) is 0 Å². The van der Waals surface area contributed by atoms with Crippen molar-refractivity contribution < 1.29 is 9.47 Å². The topological polar surface area (TPSA) is 59.5 Å². The molecule has 1 atom stereocenters. The van der Waals surface area contributed by atoms with Crippen molar-refractivity contribution in [2.24, 2.45) is 0 Å². The molecule has 0 amide bonds. The fourth-order valence-corrected chi connectivity index (χ4v) is 2.32. The van der Waals surface area contributed by atoms with Crippen molar-refractivity contribution in [2.75, 3.05) is 45.4 Å². The van der Waals surface area contributed by atoms with Crippen LogP contribution in [0, 0.1) is 0 Å². The quantitative estimate of drug-likeness (QED) is 0.747. The lowest BCUT2D eigenvalue weighted by Gasteiger charge is -2.31. The highest BCUT2D eigenvalue weighted by molar-refractivity contribution is 5.30. The predicted molar refractivity (Wildman–Crippen MR) is 77.9 cm³/mol. The van der Waals surface area contributed by atoms with E-state index >= 15 is 0 Å². The minimum absolute atomic E-state index is 0.294. The van der Waals surface area contributed by atoms with Gasteiger partial charge in [0.15, 0.2) is 0 Å². The lowest BCUT2D eigenvalue weighted by Crippen LogP contribution is -2.40. The molecule has 2 rings (SSSR count). The van der Waals surface area contributed by atoms with E-state index in [2.05, 4.69) is 20.2 Å². The average Bonchev–Trinajstić information content (AvgIpc) is 2.52. The summed E-state index contributed by atoms with van der Waals surface area (Å²) in [6, 6.07) is 0. The molecule has 1 unspecified atom stereocenters. The first-order valence-corrected chi connectivity index (χ1v) is 7.12. The Morgan fingerprint density at radius 3 is 2.85 bits per heavy atom. The Balaban J connectivity index is 1.84. The number of anilines is 1. The van der Waals surface area contributed by atoms with Gasteiger partial charge in [0.05, 0.1) is 12.7 Å². The summed E-state index contributed by atoms with van der Waals surface area (Å²) < 4.78 is 10.4. The predicted octanol–water partition coefficient (Wildman–Crippen LogP) is 0.828. The molecule has 1 aromatic heterocycles. The second kappa shape index (κ2) is 8.14. The van der Waals surface area contributed by atoms with Gasteiger partial charge in [0, 0.05) is 58.4 Å². The zero-order valence-electron chi connectivity index (χ0n) is 12.3. The number of hydrogen-bond donors (Lipinski definition) is 1. The van der Waals surface area contributed by atoms with Crippen LogP contribution in [0.3, 0.4) is 0 Å². The van der Waals surface area contributed by atoms with Gasteiger partial charge in [-0.1, -0.05) is 0 Å². The highest BCUT2D eigenvalue weighted by Gasteiger charge is 2.21. The molecule has 1 aliphatic heterocycles. The molecule has 1 fully saturated rings. The molecule has 1 aliphatic rings. The Kier molecular flexibility index (Phi) is 6.17. The number of hydrogen-bond acceptors (Lipinski definition) is 6. The zero-order chi connectivity index (χ0) is 14.2. The van der Waals surface area contributed by atoms with Gasteiger partial charge in [-0.3, -0.25) is 0 Å². The Morgan fingerprint density at radius 2 is 2.15 bits per heavy atom. The lowest BCUT2D eigenvalue weighted by atomic mass is 10.1. The monoisotopic (exact) mass is 280 g/mol. The van der Waals surface area contributed by atoms with Crippen LogP contribution in [0.4, 0.5) is 5.95 Å². The smallest absolute Gasteiger partial charge is 0.225 e. The number of ether oxygens (including phenoxy) is 2. The number of methoxy groups -OCH3 is 2. The maximum Gasteiger partial charge on any atom is 0.225 e. The van der Waals surface area contributed by atoms with Crippen LogP contribution in [0.25, 0.3) is 0 Å². The van der Waals surface area contributed by atoms with E-state index in [1.165, 1.54) is 0 Å². The largest absolute Gasteiger partial charge is 0.383 e. The molecular formula is C14H24N4O2. The molecule has 1 saturated heterocycles. The molecular weight excluding hydrogens is 256 g/mol. The summed E-state index contributed by atoms with van der Waals surface area (Å²) in [5.41, 5.74) is 1.09. The highest BCUT2D eigenvalue weighted by Crippen LogP contribution is 2.17. The van der Waals surface area contributed by atoms with Gasteiger partial charge in [-0.15, -0.1) is 0 Å². The second-order valence-electron chi connectivity index (χ2n) is 5.01. The molecule has 2 heterocycles. The molecule has 0 radical (unpaired) electrons. The number of nitrogens with one attached hydrogen (secondary N) is 1. The summed E-state index contributed by atoms with van der Waals surface area (Å²) in [5.74, 6) is 0.799. The summed E-state index contributed by atoms with van der Waals surface area (Å²) in [5, 5.41) is 3.28. The zero-order valence-corrected chi connectivity index (χ0v) is 12.3. The van der Waals surface area contributed by atoms with E-state index in [-0.39, 0.29) is 0 Å². The lowest BCUT2D eigenvalue weighted by molar-refractivity contribution is 0.0889. The molecule has 20 heavy (non-hydrogen) atoms. The number of nitrogens with zero attached hydrogens (tertiary/aromatic N) is 3. The van der Waals surface area contributed by atoms with E-state index in [1.54, 1.807) is 14.2 Å². The van der Waals surface area contributed by atoms with Crippen LogP contribution >= 0.6 is 0 Å². The maximum absolute atomic E-state index is 5.42. The number of rotatable bonds is 7. The minimum atomic E-state index is 0.294. The SMILES string of the molecule is COCCNCc1cnc(N2CCCC(OC)C2)nc1. The van der Waals surface area contributed by atoms with E-state index in [4.69, 9.17) is 9.47 Å². The minimum Gasteiger partial charge on any atom is -0.383 e. The second-order valence-corrected chi connectivity index (χ2v) is 5.01. The van der Waals surface area contributed by atoms with Crippen LogP contribution in [0.2, 0.25) is 0 Å². The third-order valence-electron chi connectivity index (χ3n) is 3.50. The van der Waals surface area contributed by atoms with Crippen LogP contribution in [0.15, 0.2) is 12.4 Å². The molecule has 1 N–H and O–H groups in total. The van der Waals surface area contributed by atoms with Crippen molar-refractivity contribution in [1.82, 2.24) is 15.3 Å². The van der Waals surface area contributed by atoms with E-state index in [1.807, 2.05) is 12.4 Å². The molecule has 6 nitrogen and oxygen atoms in total. The van der Waals surface area contributed by atoms with Crippen LogP contribution < -0.4 is 10.2 Å². The van der Waals surface area contributed by atoms with Gasteiger partial charge < -0.3 is 19.7 Å². The molecule has 0 saturated carbocycles. The normalized spacial score (nSPS) is 19.3. The highest BCUT2D eigenvalue weighted by atomic mass is 16.5. The molecule has 0 aromatic carbocycles. The average molecular weight is 280 g/mol. The Labute approximate surface area is 120 Å². The summed E-state index contributed by atoms with van der Waals surface area (Å²) in [6.07, 6.45) is 6.32. The van der Waals surface area contributed by atoms with Crippen LogP contribution in [0.1, 0.15) is 18.4 Å². The van der Waals surface area contributed by atoms with Gasteiger partial charge in [-0.05, 0) is 12.8 Å². The number of piperidine rings is 1. The Morgan fingerprint density at radius 1 is 1.35 bits per heavy atom. The summed E-state index contributed by atoms with van der Waals surface area (Å²) in [7, 11) is 3.47. The Bertz CT molecular complexity index is 385. The number of aromatic nitrogens is 2. The molecule has 0 bridgehead atoms. The first-order valence-electron chi connectivity index (χ1n) is 7.12. The van der Waals surface area contributed by atoms with Crippen molar-refractivity contribution in [3.05, 3.63) is 18.0 Å². The van der Waals surface area contributed by atoms with E-state index in [9.17, 15) is 0 Å². The van der Waals surface area contributed by atoms with E-state index in [0.717, 1.165) is 50.5 Å². The van der Waals surface area contributed by atoms with Crippen LogP contribution in [0.5, 0.6) is 0 Å². The van der Waals surface area contributed by atoms with Crippen molar-refractivity contribution in [2.45, 2.75) is 25.5 Å². The van der Waals surface area contributed by atoms with Gasteiger partial charge >= 0.3 is 0 Å². The third kappa shape index (κ3) is 4.40. The van der Waals surface area contributed by atoms with Crippen LogP contribution in [-0.4, -0.2) is 56.5 Å². The van der Waals surface area contributed by atoms with Crippen molar-refractivity contribution in [3.8, 4) is 0 Å². The van der Waals surface area contributed by atoms with Crippen molar-refractivity contribution in [1.29, 1.82) is 0 Å². The molecule has 0 aliphatic carbocycles. The Hall–Kier alpha value is -1.24. The molecule has 6 heteroatoms. The van der Waals surface area contributed by atoms with E-state index in [0.29, 0.717) is 12.7 Å². The standard InChI is InChI=1S/C14H24N4O2/c1-19-7-5-15-8-12-9-16-14(17-10-12)18-6-3-4-13(11-18)20-2/h9-10,13,15H,3-8,11H2,1-2H3. The summed E-state index contributed by atoms with van der Waals surface area (Å²) in [6.45, 7) is 4.20. The van der Waals surface area contributed by atoms with Crippen molar-refractivity contribution in [3.63, 3.8) is 0 Å². The summed E-state index contributed by atoms with van der Waals surface area (Å²) in [4.78, 5) is 11.1. The van der Waals surface area contributed by atoms with Gasteiger partial charge in [0.2, 0.25) is 5.95 Å². The summed E-state index contributed by atoms with van der Waals surface area (Å²) >= 11 is 0. The van der Waals surface area contributed by atoms with Crippen LogP contribution in [-0.2, 0) is 16.0 Å². The van der Waals surface area contributed by atoms with Gasteiger partial charge in [-0.25, -0.2) is 9.97 Å². The fraction of sp³-hybridized carbons (Fsp3) is 0.714. The molecule has 0 spiro atoms. The molecule has 1 aromatic rings. The van der Waals surface area contributed by atoms with Gasteiger partial charge in [-0.2, -0.15) is 0 Å². The third-order valence-corrected chi connectivity index (χ3v) is 3.50. The maximum atomic E-state index is 5.42.